The largest absolute Gasteiger partial charge is 0.349 e. The predicted molar refractivity (Wildman–Crippen MR) is 78.2 cm³/mol. The molecule has 0 aliphatic rings. The molecule has 0 heterocycles. The highest BCUT2D eigenvalue weighted by Gasteiger charge is 2.09. The maximum absolute atomic E-state index is 12.1. The van der Waals surface area contributed by atoms with Crippen molar-refractivity contribution in [1.82, 2.24) is 5.32 Å². The van der Waals surface area contributed by atoms with Crippen LogP contribution in [-0.4, -0.2) is 12.5 Å². The Kier molecular flexibility index (Phi) is 4.51. The van der Waals surface area contributed by atoms with Crippen LogP contribution in [0.2, 0.25) is 0 Å². The van der Waals surface area contributed by atoms with E-state index in [2.05, 4.69) is 24.0 Å². The van der Waals surface area contributed by atoms with E-state index in [9.17, 15) is 4.79 Å². The van der Waals surface area contributed by atoms with E-state index in [-0.39, 0.29) is 5.91 Å². The molecule has 0 saturated carbocycles. The number of hydrogen-bond donors (Lipinski definition) is 1. The SMILES string of the molecule is C=CCNC(=O)c1ccccc1Cc1ccccc1. The molecule has 2 rings (SSSR count). The van der Waals surface area contributed by atoms with Gasteiger partial charge in [0.25, 0.3) is 5.91 Å². The summed E-state index contributed by atoms with van der Waals surface area (Å²) in [5.74, 6) is -0.0496. The lowest BCUT2D eigenvalue weighted by atomic mass is 9.99. The number of carbonyl (C=O) groups is 1. The van der Waals surface area contributed by atoms with Gasteiger partial charge in [-0.3, -0.25) is 4.79 Å². The van der Waals surface area contributed by atoms with Crippen LogP contribution in [0.3, 0.4) is 0 Å². The molecule has 2 heteroatoms. The molecule has 1 amide bonds. The summed E-state index contributed by atoms with van der Waals surface area (Å²) in [6.07, 6.45) is 2.44. The number of carbonyl (C=O) groups excluding carboxylic acids is 1. The molecule has 2 nitrogen and oxygen atoms in total. The third kappa shape index (κ3) is 3.55. The zero-order chi connectivity index (χ0) is 13.5. The van der Waals surface area contributed by atoms with Gasteiger partial charge in [-0.25, -0.2) is 0 Å². The Morgan fingerprint density at radius 1 is 1.05 bits per heavy atom. The van der Waals surface area contributed by atoms with Gasteiger partial charge in [0.2, 0.25) is 0 Å². The van der Waals surface area contributed by atoms with Gasteiger partial charge in [0, 0.05) is 12.1 Å². The van der Waals surface area contributed by atoms with Gasteiger partial charge in [0.05, 0.1) is 0 Å². The van der Waals surface area contributed by atoms with Crippen molar-refractivity contribution in [3.63, 3.8) is 0 Å². The van der Waals surface area contributed by atoms with Gasteiger partial charge >= 0.3 is 0 Å². The van der Waals surface area contributed by atoms with Crippen LogP contribution in [0.25, 0.3) is 0 Å². The summed E-state index contributed by atoms with van der Waals surface area (Å²) < 4.78 is 0. The van der Waals surface area contributed by atoms with Gasteiger partial charge < -0.3 is 5.32 Å². The minimum Gasteiger partial charge on any atom is -0.349 e. The summed E-state index contributed by atoms with van der Waals surface area (Å²) in [4.78, 5) is 12.1. The number of amides is 1. The van der Waals surface area contributed by atoms with Gasteiger partial charge in [-0.1, -0.05) is 54.6 Å². The highest BCUT2D eigenvalue weighted by Crippen LogP contribution is 2.14. The Balaban J connectivity index is 2.21. The summed E-state index contributed by atoms with van der Waals surface area (Å²) in [5, 5.41) is 2.82. The minimum atomic E-state index is -0.0496. The van der Waals surface area contributed by atoms with Crippen molar-refractivity contribution >= 4 is 5.91 Å². The Morgan fingerprint density at radius 3 is 2.47 bits per heavy atom. The Bertz CT molecular complexity index is 560. The van der Waals surface area contributed by atoms with Gasteiger partial charge in [-0.15, -0.1) is 6.58 Å². The Hall–Kier alpha value is -2.35. The van der Waals surface area contributed by atoms with E-state index in [1.54, 1.807) is 6.08 Å². The molecular weight excluding hydrogens is 234 g/mol. The predicted octanol–water partition coefficient (Wildman–Crippen LogP) is 3.19. The lowest BCUT2D eigenvalue weighted by molar-refractivity contribution is 0.0957. The first-order chi connectivity index (χ1) is 9.31. The van der Waals surface area contributed by atoms with Crippen LogP contribution in [0.4, 0.5) is 0 Å². The highest BCUT2D eigenvalue weighted by atomic mass is 16.1. The normalized spacial score (nSPS) is 9.89. The fourth-order valence-electron chi connectivity index (χ4n) is 1.97. The topological polar surface area (TPSA) is 29.1 Å². The second-order valence-electron chi connectivity index (χ2n) is 4.32. The van der Waals surface area contributed by atoms with Crippen molar-refractivity contribution in [2.45, 2.75) is 6.42 Å². The van der Waals surface area contributed by atoms with E-state index in [4.69, 9.17) is 0 Å². The van der Waals surface area contributed by atoms with Crippen LogP contribution in [0, 0.1) is 0 Å². The molecule has 0 bridgehead atoms. The third-order valence-electron chi connectivity index (χ3n) is 2.91. The van der Waals surface area contributed by atoms with Crippen LogP contribution in [0.1, 0.15) is 21.5 Å². The summed E-state index contributed by atoms with van der Waals surface area (Å²) in [5.41, 5.74) is 2.97. The molecule has 96 valence electrons. The molecule has 0 unspecified atom stereocenters. The van der Waals surface area contributed by atoms with Crippen molar-refractivity contribution in [3.8, 4) is 0 Å². The van der Waals surface area contributed by atoms with Crippen LogP contribution in [-0.2, 0) is 6.42 Å². The minimum absolute atomic E-state index is 0.0496. The molecule has 0 aliphatic carbocycles. The standard InChI is InChI=1S/C17H17NO/c1-2-12-18-17(19)16-11-7-6-10-15(16)13-14-8-4-3-5-9-14/h2-11H,1,12-13H2,(H,18,19). The number of nitrogens with one attached hydrogen (secondary N) is 1. The summed E-state index contributed by atoms with van der Waals surface area (Å²) in [6.45, 7) is 4.09. The molecule has 0 atom stereocenters. The molecular formula is C17H17NO. The van der Waals surface area contributed by atoms with Crippen LogP contribution < -0.4 is 5.32 Å². The molecule has 0 aromatic heterocycles. The van der Waals surface area contributed by atoms with E-state index in [1.807, 2.05) is 42.5 Å². The number of benzene rings is 2. The number of rotatable bonds is 5. The average molecular weight is 251 g/mol. The quantitative estimate of drug-likeness (QED) is 0.812. The second kappa shape index (κ2) is 6.55. The van der Waals surface area contributed by atoms with Crippen LogP contribution in [0.15, 0.2) is 67.3 Å². The first-order valence-electron chi connectivity index (χ1n) is 6.32. The van der Waals surface area contributed by atoms with E-state index in [0.717, 1.165) is 17.5 Å². The molecule has 2 aromatic rings. The summed E-state index contributed by atoms with van der Waals surface area (Å²) >= 11 is 0. The Labute approximate surface area is 113 Å². The fourth-order valence-corrected chi connectivity index (χ4v) is 1.97. The van der Waals surface area contributed by atoms with Crippen molar-refractivity contribution in [3.05, 3.63) is 83.9 Å². The zero-order valence-corrected chi connectivity index (χ0v) is 10.8. The second-order valence-corrected chi connectivity index (χ2v) is 4.32. The molecule has 0 aliphatic heterocycles. The maximum atomic E-state index is 12.1. The smallest absolute Gasteiger partial charge is 0.251 e. The van der Waals surface area contributed by atoms with E-state index < -0.39 is 0 Å². The molecule has 0 saturated heterocycles. The third-order valence-corrected chi connectivity index (χ3v) is 2.91. The van der Waals surface area contributed by atoms with E-state index in [1.165, 1.54) is 5.56 Å². The summed E-state index contributed by atoms with van der Waals surface area (Å²) in [7, 11) is 0. The fraction of sp³-hybridized carbons (Fsp3) is 0.118. The monoisotopic (exact) mass is 251 g/mol. The van der Waals surface area contributed by atoms with Crippen LogP contribution >= 0.6 is 0 Å². The van der Waals surface area contributed by atoms with Crippen molar-refractivity contribution in [1.29, 1.82) is 0 Å². The molecule has 2 aromatic carbocycles. The first kappa shape index (κ1) is 13.1. The van der Waals surface area contributed by atoms with Gasteiger partial charge in [0.1, 0.15) is 0 Å². The first-order valence-corrected chi connectivity index (χ1v) is 6.32. The molecule has 0 fully saturated rings. The van der Waals surface area contributed by atoms with Crippen molar-refractivity contribution in [2.75, 3.05) is 6.54 Å². The molecule has 1 N–H and O–H groups in total. The molecule has 0 spiro atoms. The van der Waals surface area contributed by atoms with Gasteiger partial charge in [-0.05, 0) is 23.6 Å². The zero-order valence-electron chi connectivity index (χ0n) is 10.8. The Morgan fingerprint density at radius 2 is 1.74 bits per heavy atom. The van der Waals surface area contributed by atoms with Gasteiger partial charge in [0.15, 0.2) is 0 Å². The lowest BCUT2D eigenvalue weighted by Crippen LogP contribution is -2.24. The molecule has 0 radical (unpaired) electrons. The van der Waals surface area contributed by atoms with Crippen molar-refractivity contribution in [2.24, 2.45) is 0 Å². The average Bonchev–Trinajstić information content (AvgIpc) is 2.46. The summed E-state index contributed by atoms with van der Waals surface area (Å²) in [6, 6.07) is 17.8. The van der Waals surface area contributed by atoms with Crippen molar-refractivity contribution < 1.29 is 4.79 Å². The van der Waals surface area contributed by atoms with E-state index >= 15 is 0 Å². The lowest BCUT2D eigenvalue weighted by Gasteiger charge is -2.09. The maximum Gasteiger partial charge on any atom is 0.251 e. The van der Waals surface area contributed by atoms with E-state index in [0.29, 0.717) is 6.54 Å². The molecule has 19 heavy (non-hydrogen) atoms. The highest BCUT2D eigenvalue weighted by molar-refractivity contribution is 5.95. The van der Waals surface area contributed by atoms with Gasteiger partial charge in [-0.2, -0.15) is 0 Å². The van der Waals surface area contributed by atoms with Crippen LogP contribution in [0.5, 0.6) is 0 Å². The number of hydrogen-bond acceptors (Lipinski definition) is 1.